The van der Waals surface area contributed by atoms with Crippen LogP contribution in [0.3, 0.4) is 0 Å². The average molecular weight is 319 g/mol. The molecule has 0 radical (unpaired) electrons. The molecule has 96 valence electrons. The number of carbonyl (C=O) groups is 1. The zero-order valence-corrected chi connectivity index (χ0v) is 11.0. The number of esters is 1. The molecule has 0 fully saturated rings. The zero-order chi connectivity index (χ0) is 13.7. The molecule has 0 aliphatic carbocycles. The van der Waals surface area contributed by atoms with E-state index in [1.165, 1.54) is 6.07 Å². The molecule has 1 heterocycles. The minimum Gasteiger partial charge on any atom is -0.461 e. The lowest BCUT2D eigenvalue weighted by Gasteiger charge is -2.10. The van der Waals surface area contributed by atoms with Crippen LogP contribution in [0.25, 0.3) is 0 Å². The first-order valence-corrected chi connectivity index (χ1v) is 6.12. The average Bonchev–Trinajstić information content (AvgIpc) is 2.36. The van der Waals surface area contributed by atoms with Crippen molar-refractivity contribution in [1.29, 1.82) is 5.26 Å². The van der Waals surface area contributed by atoms with E-state index in [-0.39, 0.29) is 23.2 Å². The highest BCUT2D eigenvalue weighted by molar-refractivity contribution is 9.08. The van der Waals surface area contributed by atoms with E-state index >= 15 is 0 Å². The van der Waals surface area contributed by atoms with E-state index in [4.69, 9.17) is 10.00 Å². The van der Waals surface area contributed by atoms with E-state index in [0.29, 0.717) is 0 Å². The molecule has 0 aliphatic heterocycles. The van der Waals surface area contributed by atoms with Crippen molar-refractivity contribution in [3.8, 4) is 6.07 Å². The summed E-state index contributed by atoms with van der Waals surface area (Å²) in [6.45, 7) is 1.75. The maximum atomic E-state index is 12.8. The van der Waals surface area contributed by atoms with Gasteiger partial charge < -0.3 is 4.74 Å². The fraction of sp³-hybridized carbons (Fsp3) is 0.364. The second-order valence-corrected chi connectivity index (χ2v) is 3.76. The summed E-state index contributed by atoms with van der Waals surface area (Å²) in [6, 6.07) is 2.77. The lowest BCUT2D eigenvalue weighted by Crippen LogP contribution is -2.11. The lowest BCUT2D eigenvalue weighted by molar-refractivity contribution is 0.0518. The molecule has 0 bridgehead atoms. The predicted octanol–water partition coefficient (Wildman–Crippen LogP) is 2.96. The third-order valence-corrected chi connectivity index (χ3v) is 2.70. The van der Waals surface area contributed by atoms with Crippen LogP contribution >= 0.6 is 15.9 Å². The van der Waals surface area contributed by atoms with Gasteiger partial charge in [-0.2, -0.15) is 5.26 Å². The van der Waals surface area contributed by atoms with Crippen LogP contribution < -0.4 is 0 Å². The maximum Gasteiger partial charge on any atom is 0.356 e. The van der Waals surface area contributed by atoms with Gasteiger partial charge in [-0.15, -0.1) is 0 Å². The van der Waals surface area contributed by atoms with Gasteiger partial charge in [0.25, 0.3) is 6.43 Å². The first-order valence-electron chi connectivity index (χ1n) is 5.00. The Balaban J connectivity index is 3.36. The van der Waals surface area contributed by atoms with Crippen molar-refractivity contribution >= 4 is 21.9 Å². The minimum absolute atomic E-state index is 0.0935. The topological polar surface area (TPSA) is 63.0 Å². The summed E-state index contributed by atoms with van der Waals surface area (Å²) in [5, 5.41) is 8.90. The molecule has 1 aromatic rings. The Bertz CT molecular complexity index is 501. The highest BCUT2D eigenvalue weighted by atomic mass is 79.9. The summed E-state index contributed by atoms with van der Waals surface area (Å²) in [6.07, 6.45) is -2.82. The van der Waals surface area contributed by atoms with Crippen LogP contribution in [0.1, 0.15) is 40.7 Å². The van der Waals surface area contributed by atoms with Crippen molar-refractivity contribution in [2.75, 3.05) is 6.61 Å². The van der Waals surface area contributed by atoms with E-state index in [9.17, 15) is 13.6 Å². The van der Waals surface area contributed by atoms with Crippen LogP contribution in [0, 0.1) is 11.3 Å². The number of pyridine rings is 1. The van der Waals surface area contributed by atoms with E-state index in [1.54, 1.807) is 13.0 Å². The molecule has 0 saturated carbocycles. The zero-order valence-electron chi connectivity index (χ0n) is 9.41. The van der Waals surface area contributed by atoms with Gasteiger partial charge in [-0.1, -0.05) is 15.9 Å². The van der Waals surface area contributed by atoms with E-state index in [2.05, 4.69) is 20.9 Å². The highest BCUT2D eigenvalue weighted by Gasteiger charge is 2.22. The molecular formula is C11H9BrF2N2O2. The number of alkyl halides is 3. The molecule has 0 unspecified atom stereocenters. The predicted molar refractivity (Wildman–Crippen MR) is 62.5 cm³/mol. The lowest BCUT2D eigenvalue weighted by atomic mass is 10.1. The molecule has 0 aromatic carbocycles. The Hall–Kier alpha value is -1.55. The monoisotopic (exact) mass is 318 g/mol. The second kappa shape index (κ2) is 6.40. The van der Waals surface area contributed by atoms with Crippen LogP contribution in [0.2, 0.25) is 0 Å². The molecule has 0 spiro atoms. The van der Waals surface area contributed by atoms with Crippen molar-refractivity contribution in [3.63, 3.8) is 0 Å². The summed E-state index contributed by atoms with van der Waals surface area (Å²) in [5.41, 5.74) is -0.903. The first kappa shape index (κ1) is 14.5. The van der Waals surface area contributed by atoms with Crippen molar-refractivity contribution < 1.29 is 18.3 Å². The number of ether oxygens (including phenoxy) is 1. The number of hydrogen-bond acceptors (Lipinski definition) is 4. The molecule has 0 aliphatic rings. The smallest absolute Gasteiger partial charge is 0.356 e. The summed E-state index contributed by atoms with van der Waals surface area (Å²) < 4.78 is 30.3. The molecule has 1 aromatic heterocycles. The maximum absolute atomic E-state index is 12.8. The molecule has 1 rings (SSSR count). The van der Waals surface area contributed by atoms with Gasteiger partial charge in [0.05, 0.1) is 12.2 Å². The Morgan fingerprint density at radius 2 is 2.33 bits per heavy atom. The quantitative estimate of drug-likeness (QED) is 0.632. The number of nitrogens with zero attached hydrogens (tertiary/aromatic N) is 2. The summed E-state index contributed by atoms with van der Waals surface area (Å²) in [4.78, 5) is 15.1. The number of hydrogen-bond donors (Lipinski definition) is 0. The van der Waals surface area contributed by atoms with Gasteiger partial charge in [-0.25, -0.2) is 18.6 Å². The third kappa shape index (κ3) is 3.01. The van der Waals surface area contributed by atoms with Crippen molar-refractivity contribution in [2.24, 2.45) is 0 Å². The number of nitriles is 1. The van der Waals surface area contributed by atoms with E-state index in [1.807, 2.05) is 0 Å². The first-order chi connectivity index (χ1) is 8.54. The molecule has 0 N–H and O–H groups in total. The van der Waals surface area contributed by atoms with Crippen molar-refractivity contribution in [1.82, 2.24) is 4.98 Å². The van der Waals surface area contributed by atoms with Crippen LogP contribution in [0.5, 0.6) is 0 Å². The van der Waals surface area contributed by atoms with Gasteiger partial charge in [-0.05, 0) is 18.6 Å². The number of carbonyl (C=O) groups excluding carboxylic acids is 1. The van der Waals surface area contributed by atoms with Crippen molar-refractivity contribution in [3.05, 3.63) is 28.6 Å². The second-order valence-electron chi connectivity index (χ2n) is 3.20. The Kier molecular flexibility index (Phi) is 5.16. The fourth-order valence-corrected chi connectivity index (χ4v) is 1.82. The fourth-order valence-electron chi connectivity index (χ4n) is 1.36. The van der Waals surface area contributed by atoms with Crippen LogP contribution in [-0.4, -0.2) is 17.6 Å². The highest BCUT2D eigenvalue weighted by Crippen LogP contribution is 2.28. The van der Waals surface area contributed by atoms with Gasteiger partial charge >= 0.3 is 5.97 Å². The van der Waals surface area contributed by atoms with Gasteiger partial charge in [0.15, 0.2) is 5.69 Å². The van der Waals surface area contributed by atoms with E-state index in [0.717, 1.165) is 0 Å². The normalized spacial score (nSPS) is 10.2. The molecule has 0 saturated heterocycles. The van der Waals surface area contributed by atoms with Gasteiger partial charge in [0.2, 0.25) is 0 Å². The van der Waals surface area contributed by atoms with Gasteiger partial charge in [-0.3, -0.25) is 0 Å². The Morgan fingerprint density at radius 1 is 1.67 bits per heavy atom. The molecule has 0 amide bonds. The van der Waals surface area contributed by atoms with Crippen LogP contribution in [0.4, 0.5) is 8.78 Å². The summed E-state index contributed by atoms with van der Waals surface area (Å²) in [7, 11) is 0. The molecule has 4 nitrogen and oxygen atoms in total. The Morgan fingerprint density at radius 3 is 2.78 bits per heavy atom. The van der Waals surface area contributed by atoms with Crippen LogP contribution in [0.15, 0.2) is 6.07 Å². The van der Waals surface area contributed by atoms with E-state index < -0.39 is 23.7 Å². The molecule has 7 heteroatoms. The minimum atomic E-state index is -2.82. The van der Waals surface area contributed by atoms with Gasteiger partial charge in [0.1, 0.15) is 11.8 Å². The molecular weight excluding hydrogens is 310 g/mol. The molecule has 0 atom stereocenters. The van der Waals surface area contributed by atoms with Crippen LogP contribution in [-0.2, 0) is 10.1 Å². The van der Waals surface area contributed by atoms with Gasteiger partial charge in [0, 0.05) is 5.33 Å². The molecule has 18 heavy (non-hydrogen) atoms. The standard InChI is InChI=1S/C11H9BrF2N2O2/c1-2-18-11(17)7-3-6(4-12)9(10(13)14)8(5-15)16-7/h3,10H,2,4H2,1H3. The summed E-state index contributed by atoms with van der Waals surface area (Å²) in [5.74, 6) is -0.739. The number of rotatable bonds is 4. The Labute approximate surface area is 111 Å². The third-order valence-electron chi connectivity index (χ3n) is 2.10. The largest absolute Gasteiger partial charge is 0.461 e. The summed E-state index contributed by atoms with van der Waals surface area (Å²) >= 11 is 3.04. The van der Waals surface area contributed by atoms with Crippen molar-refractivity contribution in [2.45, 2.75) is 18.7 Å². The SMILES string of the molecule is CCOC(=O)c1cc(CBr)c(C(F)F)c(C#N)n1. The number of halogens is 3. The number of aromatic nitrogens is 1.